The van der Waals surface area contributed by atoms with E-state index in [1.165, 1.54) is 44.2 Å². The predicted octanol–water partition coefficient (Wildman–Crippen LogP) is 12.5. The first-order chi connectivity index (χ1) is 28.8. The smallest absolute Gasteiger partial charge is 0.159 e. The van der Waals surface area contributed by atoms with Gasteiger partial charge < -0.3 is 5.32 Å². The quantitative estimate of drug-likeness (QED) is 0.173. The van der Waals surface area contributed by atoms with Gasteiger partial charge in [0.25, 0.3) is 0 Å². The Morgan fingerprint density at radius 2 is 1.10 bits per heavy atom. The van der Waals surface area contributed by atoms with Gasteiger partial charge in [-0.3, -0.25) is 8.97 Å². The highest BCUT2D eigenvalue weighted by molar-refractivity contribution is 6.14. The third-order valence-electron chi connectivity index (χ3n) is 11.5. The summed E-state index contributed by atoms with van der Waals surface area (Å²) in [6.45, 7) is 0. The Kier molecular flexibility index (Phi) is 8.29. The molecule has 2 aromatic heterocycles. The Labute approximate surface area is 337 Å². The Bertz CT molecular complexity index is 3070. The minimum absolute atomic E-state index is 0.310. The van der Waals surface area contributed by atoms with Gasteiger partial charge in [0.15, 0.2) is 5.84 Å². The summed E-state index contributed by atoms with van der Waals surface area (Å²) in [5, 5.41) is 4.89. The summed E-state index contributed by atoms with van der Waals surface area (Å²) in [7, 11) is 0. The standard InChI is InChI=1S/C53H39N5/c1-4-14-36(15-5-1)38-24-30-41(31-25-38)50-54-51(42-32-26-39(27-33-42)37-16-6-2-7-17-37)56-52(55-50)43-34-28-40(29-35-43)49-45-20-10-11-21-46(45)58-48-23-13-12-22-47(48)57(53(49)58)44-18-8-3-9-19-44/h1-16,18-35,37,50H,17H2,(H,54,55,56). The minimum Gasteiger partial charge on any atom is -0.344 e. The summed E-state index contributed by atoms with van der Waals surface area (Å²) in [5.74, 6) is 1.90. The number of imidazole rings is 1. The van der Waals surface area contributed by atoms with Crippen molar-refractivity contribution in [1.29, 1.82) is 0 Å². The molecule has 0 amide bonds. The SMILES string of the molecule is C1=CCC(c2ccc(C3=NC(c4ccc(-c5c6ccccc6n6c7ccccc7n(-c7ccccc7)c56)cc4)=NC(c4ccc(-c5ccccc5)cc4)N3)cc2)C=C1. The van der Waals surface area contributed by atoms with Crippen LogP contribution in [0.3, 0.4) is 0 Å². The third kappa shape index (κ3) is 5.87. The number of aromatic nitrogens is 2. The van der Waals surface area contributed by atoms with Crippen LogP contribution in [-0.2, 0) is 0 Å². The van der Waals surface area contributed by atoms with Gasteiger partial charge >= 0.3 is 0 Å². The largest absolute Gasteiger partial charge is 0.344 e. The van der Waals surface area contributed by atoms with Crippen molar-refractivity contribution >= 4 is 39.3 Å². The molecular weight excluding hydrogens is 707 g/mol. The lowest BCUT2D eigenvalue weighted by Gasteiger charge is -2.24. The number of nitrogens with one attached hydrogen (secondary N) is 1. The molecule has 3 heterocycles. The molecule has 0 saturated carbocycles. The summed E-state index contributed by atoms with van der Waals surface area (Å²) in [5.41, 5.74) is 14.9. The summed E-state index contributed by atoms with van der Waals surface area (Å²) in [6, 6.07) is 64.9. The van der Waals surface area contributed by atoms with E-state index in [9.17, 15) is 0 Å². The fraction of sp³-hybridized carbons (Fsp3) is 0.0566. The van der Waals surface area contributed by atoms with Crippen LogP contribution in [0.4, 0.5) is 0 Å². The van der Waals surface area contributed by atoms with E-state index in [4.69, 9.17) is 9.98 Å². The molecule has 2 unspecified atom stereocenters. The summed E-state index contributed by atoms with van der Waals surface area (Å²) in [4.78, 5) is 10.5. The fourth-order valence-corrected chi connectivity index (χ4v) is 8.65. The van der Waals surface area contributed by atoms with E-state index >= 15 is 0 Å². The number of nitrogens with zero attached hydrogens (tertiary/aromatic N) is 4. The van der Waals surface area contributed by atoms with Gasteiger partial charge in [0.1, 0.15) is 17.6 Å². The van der Waals surface area contributed by atoms with Crippen molar-refractivity contribution < 1.29 is 0 Å². The highest BCUT2D eigenvalue weighted by atomic mass is 15.2. The van der Waals surface area contributed by atoms with Gasteiger partial charge in [-0.2, -0.15) is 0 Å². The van der Waals surface area contributed by atoms with Crippen molar-refractivity contribution in [3.63, 3.8) is 0 Å². The second-order valence-corrected chi connectivity index (χ2v) is 15.0. The summed E-state index contributed by atoms with van der Waals surface area (Å²) < 4.78 is 4.81. The van der Waals surface area contributed by atoms with E-state index in [0.29, 0.717) is 11.8 Å². The molecule has 0 fully saturated rings. The first kappa shape index (κ1) is 33.8. The highest BCUT2D eigenvalue weighted by Crippen LogP contribution is 2.41. The van der Waals surface area contributed by atoms with Crippen LogP contribution < -0.4 is 5.32 Å². The van der Waals surface area contributed by atoms with Gasteiger partial charge in [-0.1, -0.05) is 176 Å². The number of hydrogen-bond acceptors (Lipinski definition) is 3. The van der Waals surface area contributed by atoms with Gasteiger partial charge in [0.2, 0.25) is 0 Å². The van der Waals surface area contributed by atoms with E-state index < -0.39 is 0 Å². The van der Waals surface area contributed by atoms with Gasteiger partial charge in [0.05, 0.1) is 16.6 Å². The summed E-state index contributed by atoms with van der Waals surface area (Å²) >= 11 is 0. The Morgan fingerprint density at radius 1 is 0.500 bits per heavy atom. The van der Waals surface area contributed by atoms with Crippen molar-refractivity contribution in [1.82, 2.24) is 14.3 Å². The maximum atomic E-state index is 5.26. The molecule has 0 saturated heterocycles. The lowest BCUT2D eigenvalue weighted by atomic mass is 9.92. The van der Waals surface area contributed by atoms with Gasteiger partial charge in [-0.05, 0) is 64.6 Å². The van der Waals surface area contributed by atoms with Gasteiger partial charge in [-0.25, -0.2) is 9.98 Å². The second kappa shape index (κ2) is 14.2. The van der Waals surface area contributed by atoms with E-state index in [1.807, 2.05) is 0 Å². The normalized spacial score (nSPS) is 16.4. The molecule has 0 spiro atoms. The molecule has 2 aliphatic rings. The molecule has 7 aromatic carbocycles. The number of hydrogen-bond donors (Lipinski definition) is 1. The monoisotopic (exact) mass is 745 g/mol. The number of para-hydroxylation sites is 4. The maximum Gasteiger partial charge on any atom is 0.159 e. The number of allylic oxidation sites excluding steroid dienone is 4. The van der Waals surface area contributed by atoms with Crippen molar-refractivity contribution in [2.45, 2.75) is 18.5 Å². The Hall–Kier alpha value is -7.50. The van der Waals surface area contributed by atoms with Gasteiger partial charge in [0, 0.05) is 33.7 Å². The number of aliphatic imine (C=N–C) groups is 2. The number of fused-ring (bicyclic) bond motifs is 5. The highest BCUT2D eigenvalue weighted by Gasteiger charge is 2.24. The molecule has 9 aromatic rings. The molecule has 1 aliphatic heterocycles. The van der Waals surface area contributed by atoms with Crippen molar-refractivity contribution in [3.05, 3.63) is 229 Å². The molecule has 58 heavy (non-hydrogen) atoms. The van der Waals surface area contributed by atoms with E-state index in [0.717, 1.165) is 45.8 Å². The third-order valence-corrected chi connectivity index (χ3v) is 11.5. The number of benzene rings is 7. The van der Waals surface area contributed by atoms with Crippen LogP contribution >= 0.6 is 0 Å². The summed E-state index contributed by atoms with van der Waals surface area (Å²) in [6.07, 6.45) is 9.48. The molecule has 5 nitrogen and oxygen atoms in total. The first-order valence-corrected chi connectivity index (χ1v) is 20.0. The second-order valence-electron chi connectivity index (χ2n) is 15.0. The van der Waals surface area contributed by atoms with Crippen LogP contribution in [-0.4, -0.2) is 20.6 Å². The number of rotatable bonds is 7. The van der Waals surface area contributed by atoms with Gasteiger partial charge in [-0.15, -0.1) is 0 Å². The first-order valence-electron chi connectivity index (χ1n) is 20.0. The molecule has 0 radical (unpaired) electrons. The molecule has 1 aliphatic carbocycles. The van der Waals surface area contributed by atoms with Crippen LogP contribution in [0.15, 0.2) is 216 Å². The van der Waals surface area contributed by atoms with E-state index in [1.54, 1.807) is 0 Å². The number of amidine groups is 2. The predicted molar refractivity (Wildman–Crippen MR) is 240 cm³/mol. The van der Waals surface area contributed by atoms with E-state index in [-0.39, 0.29) is 6.17 Å². The molecule has 11 rings (SSSR count). The average Bonchev–Trinajstić information content (AvgIpc) is 3.83. The molecule has 1 N–H and O–H groups in total. The molecule has 276 valence electrons. The molecule has 2 atom stereocenters. The molecular formula is C53H39N5. The average molecular weight is 746 g/mol. The van der Waals surface area contributed by atoms with Crippen LogP contribution in [0.1, 0.15) is 40.8 Å². The zero-order valence-electron chi connectivity index (χ0n) is 31.8. The Morgan fingerprint density at radius 3 is 1.84 bits per heavy atom. The maximum absolute atomic E-state index is 5.26. The fourth-order valence-electron chi connectivity index (χ4n) is 8.65. The molecule has 5 heteroatoms. The Balaban J connectivity index is 1.02. The zero-order valence-corrected chi connectivity index (χ0v) is 31.8. The lowest BCUT2D eigenvalue weighted by molar-refractivity contribution is 0.674. The van der Waals surface area contributed by atoms with Crippen molar-refractivity contribution in [2.24, 2.45) is 9.98 Å². The lowest BCUT2D eigenvalue weighted by Crippen LogP contribution is -2.33. The van der Waals surface area contributed by atoms with Crippen molar-refractivity contribution in [2.75, 3.05) is 0 Å². The van der Waals surface area contributed by atoms with Crippen LogP contribution in [0.25, 0.3) is 55.5 Å². The van der Waals surface area contributed by atoms with E-state index in [2.05, 4.69) is 221 Å². The van der Waals surface area contributed by atoms with Crippen LogP contribution in [0, 0.1) is 0 Å². The minimum atomic E-state index is -0.310. The van der Waals surface area contributed by atoms with Crippen LogP contribution in [0.2, 0.25) is 0 Å². The van der Waals surface area contributed by atoms with Crippen LogP contribution in [0.5, 0.6) is 0 Å². The zero-order chi connectivity index (χ0) is 38.4. The topological polar surface area (TPSA) is 46.1 Å². The molecule has 0 bridgehead atoms. The van der Waals surface area contributed by atoms with Crippen molar-refractivity contribution in [3.8, 4) is 27.9 Å².